The SMILES string of the molecule is CC1(CO)C=CNC=C1. The lowest BCUT2D eigenvalue weighted by Gasteiger charge is -2.20. The maximum absolute atomic E-state index is 8.82. The Labute approximate surface area is 54.9 Å². The van der Waals surface area contributed by atoms with Crippen molar-refractivity contribution in [2.45, 2.75) is 6.92 Å². The van der Waals surface area contributed by atoms with Crippen molar-refractivity contribution in [2.75, 3.05) is 6.61 Å². The van der Waals surface area contributed by atoms with Crippen molar-refractivity contribution in [3.05, 3.63) is 24.6 Å². The van der Waals surface area contributed by atoms with Gasteiger partial charge in [-0.05, 0) is 12.4 Å². The van der Waals surface area contributed by atoms with Crippen molar-refractivity contribution in [3.63, 3.8) is 0 Å². The second-order valence-corrected chi connectivity index (χ2v) is 2.50. The Balaban J connectivity index is 2.67. The summed E-state index contributed by atoms with van der Waals surface area (Å²) in [6.07, 6.45) is 7.53. The van der Waals surface area contributed by atoms with Crippen LogP contribution in [0.2, 0.25) is 0 Å². The minimum atomic E-state index is -0.148. The molecule has 2 nitrogen and oxygen atoms in total. The third-order valence-electron chi connectivity index (χ3n) is 1.46. The molecule has 0 unspecified atom stereocenters. The van der Waals surface area contributed by atoms with Crippen molar-refractivity contribution in [1.82, 2.24) is 5.32 Å². The third kappa shape index (κ3) is 1.33. The number of dihydropyridines is 1. The molecular weight excluding hydrogens is 114 g/mol. The highest BCUT2D eigenvalue weighted by Crippen LogP contribution is 2.20. The zero-order valence-electron chi connectivity index (χ0n) is 5.46. The Morgan fingerprint density at radius 3 is 2.33 bits per heavy atom. The van der Waals surface area contributed by atoms with Crippen LogP contribution >= 0.6 is 0 Å². The van der Waals surface area contributed by atoms with Gasteiger partial charge in [-0.25, -0.2) is 0 Å². The van der Waals surface area contributed by atoms with Gasteiger partial charge in [-0.2, -0.15) is 0 Å². The van der Waals surface area contributed by atoms with Gasteiger partial charge in [0.1, 0.15) is 0 Å². The second-order valence-electron chi connectivity index (χ2n) is 2.50. The summed E-state index contributed by atoms with van der Waals surface area (Å²) in [5, 5.41) is 11.7. The molecule has 0 bridgehead atoms. The Morgan fingerprint density at radius 2 is 2.00 bits per heavy atom. The van der Waals surface area contributed by atoms with Gasteiger partial charge in [0.15, 0.2) is 0 Å². The van der Waals surface area contributed by atoms with Crippen LogP contribution in [0.15, 0.2) is 24.6 Å². The fourth-order valence-electron chi connectivity index (χ4n) is 0.693. The quantitative estimate of drug-likeness (QED) is 0.538. The molecule has 0 fully saturated rings. The number of nitrogens with one attached hydrogen (secondary N) is 1. The van der Waals surface area contributed by atoms with E-state index in [-0.39, 0.29) is 12.0 Å². The highest BCUT2D eigenvalue weighted by atomic mass is 16.3. The average molecular weight is 125 g/mol. The minimum absolute atomic E-state index is 0.148. The van der Waals surface area contributed by atoms with Gasteiger partial charge < -0.3 is 10.4 Å². The molecule has 2 heteroatoms. The smallest absolute Gasteiger partial charge is 0.0555 e. The van der Waals surface area contributed by atoms with Crippen LogP contribution in [-0.4, -0.2) is 11.7 Å². The third-order valence-corrected chi connectivity index (χ3v) is 1.46. The molecule has 0 aromatic heterocycles. The summed E-state index contributed by atoms with van der Waals surface area (Å²) >= 11 is 0. The van der Waals surface area contributed by atoms with E-state index in [1.54, 1.807) is 0 Å². The molecular formula is C7H11NO. The standard InChI is InChI=1S/C7H11NO/c1-7(6-9)2-4-8-5-3-7/h2-5,8-9H,6H2,1H3. The molecule has 1 aliphatic rings. The van der Waals surface area contributed by atoms with Crippen LogP contribution in [0.3, 0.4) is 0 Å². The lowest BCUT2D eigenvalue weighted by Crippen LogP contribution is -2.19. The Kier molecular flexibility index (Phi) is 1.58. The summed E-state index contributed by atoms with van der Waals surface area (Å²) < 4.78 is 0. The monoisotopic (exact) mass is 125 g/mol. The van der Waals surface area contributed by atoms with Gasteiger partial charge in [-0.3, -0.25) is 0 Å². The second kappa shape index (κ2) is 2.23. The molecule has 0 amide bonds. The molecule has 0 aromatic rings. The van der Waals surface area contributed by atoms with Crippen molar-refractivity contribution < 1.29 is 5.11 Å². The van der Waals surface area contributed by atoms with Crippen molar-refractivity contribution >= 4 is 0 Å². The van der Waals surface area contributed by atoms with E-state index in [2.05, 4.69) is 5.32 Å². The van der Waals surface area contributed by atoms with E-state index in [0.717, 1.165) is 0 Å². The number of rotatable bonds is 1. The molecule has 1 heterocycles. The number of aliphatic hydroxyl groups is 1. The largest absolute Gasteiger partial charge is 0.395 e. The number of hydrogen-bond acceptors (Lipinski definition) is 2. The topological polar surface area (TPSA) is 32.3 Å². The molecule has 50 valence electrons. The van der Waals surface area contributed by atoms with Crippen molar-refractivity contribution in [1.29, 1.82) is 0 Å². The predicted molar refractivity (Wildman–Crippen MR) is 36.6 cm³/mol. The van der Waals surface area contributed by atoms with Gasteiger partial charge in [0.05, 0.1) is 6.61 Å². The van der Waals surface area contributed by atoms with Gasteiger partial charge in [0.2, 0.25) is 0 Å². The first-order valence-corrected chi connectivity index (χ1v) is 2.99. The molecule has 0 aliphatic carbocycles. The lowest BCUT2D eigenvalue weighted by atomic mass is 9.91. The number of aliphatic hydroxyl groups excluding tert-OH is 1. The highest BCUT2D eigenvalue weighted by molar-refractivity contribution is 5.13. The summed E-state index contributed by atoms with van der Waals surface area (Å²) in [4.78, 5) is 0. The van der Waals surface area contributed by atoms with Crippen LogP contribution in [-0.2, 0) is 0 Å². The summed E-state index contributed by atoms with van der Waals surface area (Å²) in [6, 6.07) is 0. The zero-order chi connectivity index (χ0) is 6.74. The van der Waals surface area contributed by atoms with Crippen LogP contribution in [0.5, 0.6) is 0 Å². The predicted octanol–water partition coefficient (Wildman–Crippen LogP) is 0.616. The molecule has 0 spiro atoms. The van der Waals surface area contributed by atoms with E-state index in [4.69, 9.17) is 5.11 Å². The van der Waals surface area contributed by atoms with Crippen molar-refractivity contribution in [2.24, 2.45) is 5.41 Å². The van der Waals surface area contributed by atoms with Gasteiger partial charge in [-0.15, -0.1) is 0 Å². The Bertz CT molecular complexity index is 137. The zero-order valence-corrected chi connectivity index (χ0v) is 5.46. The maximum Gasteiger partial charge on any atom is 0.0555 e. The van der Waals surface area contributed by atoms with E-state index in [1.807, 2.05) is 31.5 Å². The van der Waals surface area contributed by atoms with E-state index >= 15 is 0 Å². The van der Waals surface area contributed by atoms with E-state index in [1.165, 1.54) is 0 Å². The molecule has 2 N–H and O–H groups in total. The van der Waals surface area contributed by atoms with Gasteiger partial charge in [0, 0.05) is 5.41 Å². The normalized spacial score (nSPS) is 21.6. The fourth-order valence-corrected chi connectivity index (χ4v) is 0.693. The highest BCUT2D eigenvalue weighted by Gasteiger charge is 2.16. The first-order valence-electron chi connectivity index (χ1n) is 2.99. The van der Waals surface area contributed by atoms with E-state index < -0.39 is 0 Å². The molecule has 1 aliphatic heterocycles. The summed E-state index contributed by atoms with van der Waals surface area (Å²) in [7, 11) is 0. The van der Waals surface area contributed by atoms with Crippen LogP contribution in [0.25, 0.3) is 0 Å². The lowest BCUT2D eigenvalue weighted by molar-refractivity contribution is 0.218. The summed E-state index contributed by atoms with van der Waals surface area (Å²) in [5.41, 5.74) is -0.148. The molecule has 0 saturated heterocycles. The van der Waals surface area contributed by atoms with Gasteiger partial charge in [0.25, 0.3) is 0 Å². The summed E-state index contributed by atoms with van der Waals surface area (Å²) in [6.45, 7) is 2.14. The van der Waals surface area contributed by atoms with E-state index in [9.17, 15) is 0 Å². The summed E-state index contributed by atoms with van der Waals surface area (Å²) in [5.74, 6) is 0. The van der Waals surface area contributed by atoms with Crippen molar-refractivity contribution in [3.8, 4) is 0 Å². The minimum Gasteiger partial charge on any atom is -0.395 e. The fraction of sp³-hybridized carbons (Fsp3) is 0.429. The average Bonchev–Trinajstić information content (AvgIpc) is 1.90. The molecule has 0 atom stereocenters. The molecule has 1 rings (SSSR count). The molecule has 0 radical (unpaired) electrons. The van der Waals surface area contributed by atoms with Crippen LogP contribution < -0.4 is 5.32 Å². The van der Waals surface area contributed by atoms with E-state index in [0.29, 0.717) is 0 Å². The maximum atomic E-state index is 8.82. The Morgan fingerprint density at radius 1 is 1.44 bits per heavy atom. The first kappa shape index (κ1) is 6.36. The van der Waals surface area contributed by atoms with Crippen LogP contribution in [0.4, 0.5) is 0 Å². The first-order chi connectivity index (χ1) is 4.27. The molecule has 0 saturated carbocycles. The van der Waals surface area contributed by atoms with Gasteiger partial charge in [-0.1, -0.05) is 19.1 Å². The Hall–Kier alpha value is -0.760. The van der Waals surface area contributed by atoms with Crippen LogP contribution in [0, 0.1) is 5.41 Å². The number of hydrogen-bond donors (Lipinski definition) is 2. The molecule has 9 heavy (non-hydrogen) atoms. The van der Waals surface area contributed by atoms with Gasteiger partial charge >= 0.3 is 0 Å². The van der Waals surface area contributed by atoms with Crippen LogP contribution in [0.1, 0.15) is 6.92 Å². The molecule has 0 aromatic carbocycles.